The first-order valence-corrected chi connectivity index (χ1v) is 8.25. The average Bonchev–Trinajstić information content (AvgIpc) is 2.96. The van der Waals surface area contributed by atoms with Gasteiger partial charge in [0, 0.05) is 25.2 Å². The summed E-state index contributed by atoms with van der Waals surface area (Å²) in [6.07, 6.45) is 8.70. The van der Waals surface area contributed by atoms with Crippen LogP contribution >= 0.6 is 0 Å². The van der Waals surface area contributed by atoms with E-state index in [0.717, 1.165) is 29.8 Å². The van der Waals surface area contributed by atoms with Crippen molar-refractivity contribution in [3.63, 3.8) is 0 Å². The second-order valence-corrected chi connectivity index (χ2v) is 7.02. The van der Waals surface area contributed by atoms with E-state index >= 15 is 0 Å². The third-order valence-electron chi connectivity index (χ3n) is 5.99. The van der Waals surface area contributed by atoms with Gasteiger partial charge in [-0.05, 0) is 56.9 Å². The van der Waals surface area contributed by atoms with E-state index in [9.17, 15) is 0 Å². The van der Waals surface area contributed by atoms with Gasteiger partial charge in [-0.15, -0.1) is 0 Å². The molecular formula is C16H30N2. The molecule has 0 amide bonds. The zero-order chi connectivity index (χ0) is 12.5. The number of nitrogens with zero attached hydrogens (tertiary/aromatic N) is 1. The molecule has 0 aromatic carbocycles. The molecule has 5 unspecified atom stereocenters. The zero-order valence-corrected chi connectivity index (χ0v) is 12.2. The van der Waals surface area contributed by atoms with Gasteiger partial charge >= 0.3 is 0 Å². The van der Waals surface area contributed by atoms with E-state index in [0.29, 0.717) is 0 Å². The minimum atomic E-state index is 0.801. The fraction of sp³-hybridized carbons (Fsp3) is 1.00. The number of piperidine rings is 1. The highest BCUT2D eigenvalue weighted by Crippen LogP contribution is 2.38. The summed E-state index contributed by atoms with van der Waals surface area (Å²) in [7, 11) is 0. The number of likely N-dealkylation sites (tertiary alicyclic amines) is 1. The Morgan fingerprint density at radius 3 is 2.89 bits per heavy atom. The quantitative estimate of drug-likeness (QED) is 0.828. The Hall–Kier alpha value is -0.0800. The first-order valence-electron chi connectivity index (χ1n) is 8.25. The molecule has 2 nitrogen and oxygen atoms in total. The summed E-state index contributed by atoms with van der Waals surface area (Å²) in [4.78, 5) is 2.79. The van der Waals surface area contributed by atoms with Gasteiger partial charge in [0.05, 0.1) is 0 Å². The fourth-order valence-corrected chi connectivity index (χ4v) is 4.61. The van der Waals surface area contributed by atoms with Crippen LogP contribution in [0.4, 0.5) is 0 Å². The monoisotopic (exact) mass is 250 g/mol. The van der Waals surface area contributed by atoms with Crippen LogP contribution in [0, 0.1) is 17.8 Å². The number of fused-ring (bicyclic) bond motifs is 1. The normalized spacial score (nSPS) is 45.3. The number of nitrogens with one attached hydrogen (secondary N) is 1. The lowest BCUT2D eigenvalue weighted by atomic mass is 9.89. The third kappa shape index (κ3) is 2.46. The highest BCUT2D eigenvalue weighted by atomic mass is 15.2. The van der Waals surface area contributed by atoms with Gasteiger partial charge in [0.1, 0.15) is 0 Å². The van der Waals surface area contributed by atoms with Crippen molar-refractivity contribution >= 4 is 0 Å². The van der Waals surface area contributed by atoms with Gasteiger partial charge in [0.25, 0.3) is 0 Å². The van der Waals surface area contributed by atoms with E-state index in [1.54, 1.807) is 0 Å². The van der Waals surface area contributed by atoms with Crippen LogP contribution in [0.3, 0.4) is 0 Å². The number of hydrogen-bond acceptors (Lipinski definition) is 2. The number of hydrogen-bond donors (Lipinski definition) is 1. The van der Waals surface area contributed by atoms with Crippen molar-refractivity contribution in [1.29, 1.82) is 0 Å². The third-order valence-corrected chi connectivity index (χ3v) is 5.99. The molecule has 0 aromatic heterocycles. The second-order valence-electron chi connectivity index (χ2n) is 7.02. The Bertz CT molecular complexity index is 278. The van der Waals surface area contributed by atoms with E-state index in [1.807, 2.05) is 0 Å². The summed E-state index contributed by atoms with van der Waals surface area (Å²) >= 11 is 0. The maximum atomic E-state index is 3.82. The van der Waals surface area contributed by atoms with Crippen molar-refractivity contribution < 1.29 is 0 Å². The van der Waals surface area contributed by atoms with Crippen LogP contribution in [0.1, 0.15) is 52.4 Å². The molecule has 3 fully saturated rings. The lowest BCUT2D eigenvalue weighted by Gasteiger charge is -2.40. The van der Waals surface area contributed by atoms with Crippen molar-refractivity contribution in [3.05, 3.63) is 0 Å². The molecule has 18 heavy (non-hydrogen) atoms. The smallest absolute Gasteiger partial charge is 0.0226 e. The molecule has 0 radical (unpaired) electrons. The van der Waals surface area contributed by atoms with E-state index in [2.05, 4.69) is 24.1 Å². The maximum absolute atomic E-state index is 3.82. The van der Waals surface area contributed by atoms with Crippen LogP contribution in [0.25, 0.3) is 0 Å². The highest BCUT2D eigenvalue weighted by Gasteiger charge is 2.40. The molecule has 2 heterocycles. The van der Waals surface area contributed by atoms with Crippen molar-refractivity contribution in [1.82, 2.24) is 10.2 Å². The molecule has 3 rings (SSSR count). The Morgan fingerprint density at radius 1 is 1.17 bits per heavy atom. The molecule has 1 aliphatic carbocycles. The first-order chi connectivity index (χ1) is 8.78. The van der Waals surface area contributed by atoms with Crippen LogP contribution in [0.15, 0.2) is 0 Å². The standard InChI is InChI=1S/C16H30N2/c1-3-13-8-7-12(2)18(10-13)11-16-15-6-4-5-14(15)9-17-16/h12-17H,3-11H2,1-2H3. The second kappa shape index (κ2) is 5.50. The van der Waals surface area contributed by atoms with Crippen molar-refractivity contribution in [2.24, 2.45) is 17.8 Å². The average molecular weight is 250 g/mol. The predicted octanol–water partition coefficient (Wildman–Crippen LogP) is 2.89. The number of rotatable bonds is 3. The highest BCUT2D eigenvalue weighted by molar-refractivity contribution is 4.96. The molecular weight excluding hydrogens is 220 g/mol. The van der Waals surface area contributed by atoms with Crippen LogP contribution in [0.2, 0.25) is 0 Å². The van der Waals surface area contributed by atoms with Crippen LogP contribution in [-0.4, -0.2) is 36.6 Å². The Balaban J connectivity index is 1.57. The van der Waals surface area contributed by atoms with Crippen molar-refractivity contribution in [2.45, 2.75) is 64.5 Å². The SMILES string of the molecule is CCC1CCC(C)N(CC2NCC3CCCC32)C1. The molecule has 0 bridgehead atoms. The van der Waals surface area contributed by atoms with E-state index in [1.165, 1.54) is 58.2 Å². The summed E-state index contributed by atoms with van der Waals surface area (Å²) in [5.41, 5.74) is 0. The van der Waals surface area contributed by atoms with Crippen LogP contribution in [-0.2, 0) is 0 Å². The van der Waals surface area contributed by atoms with Crippen LogP contribution < -0.4 is 5.32 Å². The largest absolute Gasteiger partial charge is 0.312 e. The molecule has 3 aliphatic rings. The van der Waals surface area contributed by atoms with Crippen molar-refractivity contribution in [2.75, 3.05) is 19.6 Å². The summed E-state index contributed by atoms with van der Waals surface area (Å²) < 4.78 is 0. The van der Waals surface area contributed by atoms with Gasteiger partial charge in [0.15, 0.2) is 0 Å². The molecule has 1 N–H and O–H groups in total. The Morgan fingerprint density at radius 2 is 2.06 bits per heavy atom. The van der Waals surface area contributed by atoms with E-state index in [4.69, 9.17) is 0 Å². The van der Waals surface area contributed by atoms with Gasteiger partial charge in [-0.2, -0.15) is 0 Å². The van der Waals surface area contributed by atoms with Gasteiger partial charge < -0.3 is 5.32 Å². The topological polar surface area (TPSA) is 15.3 Å². The van der Waals surface area contributed by atoms with Gasteiger partial charge in [-0.3, -0.25) is 4.90 Å². The fourth-order valence-electron chi connectivity index (χ4n) is 4.61. The molecule has 2 aliphatic heterocycles. The molecule has 2 saturated heterocycles. The molecule has 1 saturated carbocycles. The summed E-state index contributed by atoms with van der Waals surface area (Å²) in [5, 5.41) is 3.82. The summed E-state index contributed by atoms with van der Waals surface area (Å²) in [6, 6.07) is 1.62. The molecule has 5 atom stereocenters. The Kier molecular flexibility index (Phi) is 3.95. The molecule has 104 valence electrons. The van der Waals surface area contributed by atoms with Crippen molar-refractivity contribution in [3.8, 4) is 0 Å². The summed E-state index contributed by atoms with van der Waals surface area (Å²) in [5.74, 6) is 2.97. The first kappa shape index (κ1) is 12.9. The van der Waals surface area contributed by atoms with Crippen LogP contribution in [0.5, 0.6) is 0 Å². The van der Waals surface area contributed by atoms with Gasteiger partial charge in [-0.1, -0.05) is 19.8 Å². The van der Waals surface area contributed by atoms with E-state index in [-0.39, 0.29) is 0 Å². The van der Waals surface area contributed by atoms with Gasteiger partial charge in [0.2, 0.25) is 0 Å². The van der Waals surface area contributed by atoms with E-state index < -0.39 is 0 Å². The summed E-state index contributed by atoms with van der Waals surface area (Å²) in [6.45, 7) is 8.77. The predicted molar refractivity (Wildman–Crippen MR) is 76.7 cm³/mol. The molecule has 0 aromatic rings. The zero-order valence-electron chi connectivity index (χ0n) is 12.2. The lowest BCUT2D eigenvalue weighted by molar-refractivity contribution is 0.0990. The minimum Gasteiger partial charge on any atom is -0.312 e. The maximum Gasteiger partial charge on any atom is 0.0226 e. The lowest BCUT2D eigenvalue weighted by Crippen LogP contribution is -2.48. The van der Waals surface area contributed by atoms with Gasteiger partial charge in [-0.25, -0.2) is 0 Å². The molecule has 0 spiro atoms. The Labute approximate surface area is 113 Å². The minimum absolute atomic E-state index is 0.801. The molecule has 2 heteroatoms.